The predicted molar refractivity (Wildman–Crippen MR) is 98.2 cm³/mol. The Hall–Kier alpha value is -2.10. The van der Waals surface area contributed by atoms with Crippen LogP contribution in [0.4, 0.5) is 11.5 Å². The van der Waals surface area contributed by atoms with Crippen LogP contribution in [0, 0.1) is 12.8 Å². The summed E-state index contributed by atoms with van der Waals surface area (Å²) in [5.74, 6) is 3.08. The van der Waals surface area contributed by atoms with Crippen molar-refractivity contribution >= 4 is 11.5 Å². The van der Waals surface area contributed by atoms with Gasteiger partial charge in [-0.3, -0.25) is 4.98 Å². The molecular formula is C20H27N3O. The first-order valence-corrected chi connectivity index (χ1v) is 8.91. The van der Waals surface area contributed by atoms with E-state index in [1.165, 1.54) is 18.4 Å². The summed E-state index contributed by atoms with van der Waals surface area (Å²) in [6.07, 6.45) is 6.27. The van der Waals surface area contributed by atoms with E-state index in [4.69, 9.17) is 4.74 Å². The van der Waals surface area contributed by atoms with Crippen LogP contribution in [0.15, 0.2) is 30.6 Å². The van der Waals surface area contributed by atoms with Gasteiger partial charge < -0.3 is 9.64 Å². The first-order valence-electron chi connectivity index (χ1n) is 8.91. The molecule has 1 aromatic carbocycles. The number of benzene rings is 1. The Balaban J connectivity index is 1.87. The minimum absolute atomic E-state index is 0.418. The maximum atomic E-state index is 6.07. The van der Waals surface area contributed by atoms with Gasteiger partial charge in [-0.2, -0.15) is 0 Å². The van der Waals surface area contributed by atoms with Crippen molar-refractivity contribution in [3.05, 3.63) is 41.9 Å². The van der Waals surface area contributed by atoms with Crippen molar-refractivity contribution in [2.24, 2.45) is 5.92 Å². The summed E-state index contributed by atoms with van der Waals surface area (Å²) in [5.41, 5.74) is 3.33. The lowest BCUT2D eigenvalue weighted by Crippen LogP contribution is -2.18. The van der Waals surface area contributed by atoms with Gasteiger partial charge >= 0.3 is 0 Å². The Labute approximate surface area is 144 Å². The average Bonchev–Trinajstić information content (AvgIpc) is 3.40. The lowest BCUT2D eigenvalue weighted by atomic mass is 10.0. The van der Waals surface area contributed by atoms with Gasteiger partial charge in [0.25, 0.3) is 0 Å². The molecular weight excluding hydrogens is 298 g/mol. The number of nitrogens with zero attached hydrogens (tertiary/aromatic N) is 3. The Kier molecular flexibility index (Phi) is 5.03. The smallest absolute Gasteiger partial charge is 0.151 e. The second kappa shape index (κ2) is 7.20. The van der Waals surface area contributed by atoms with Crippen LogP contribution >= 0.6 is 0 Å². The molecule has 0 unspecified atom stereocenters. The molecule has 0 amide bonds. The van der Waals surface area contributed by atoms with E-state index in [0.717, 1.165) is 42.0 Å². The third-order valence-corrected chi connectivity index (χ3v) is 4.46. The zero-order valence-electron chi connectivity index (χ0n) is 15.1. The molecule has 1 saturated carbocycles. The monoisotopic (exact) mass is 325 g/mol. The maximum Gasteiger partial charge on any atom is 0.151 e. The second-order valence-corrected chi connectivity index (χ2v) is 6.89. The molecule has 4 heteroatoms. The van der Waals surface area contributed by atoms with E-state index in [1.54, 1.807) is 0 Å². The summed E-state index contributed by atoms with van der Waals surface area (Å²) in [5, 5.41) is 0. The fraction of sp³-hybridized carbons (Fsp3) is 0.500. The minimum Gasteiger partial charge on any atom is -0.493 e. The van der Waals surface area contributed by atoms with Crippen molar-refractivity contribution in [2.45, 2.75) is 46.5 Å². The van der Waals surface area contributed by atoms with Crippen molar-refractivity contribution < 1.29 is 4.74 Å². The molecule has 3 rings (SSSR count). The number of hydrogen-bond donors (Lipinski definition) is 0. The van der Waals surface area contributed by atoms with Gasteiger partial charge in [0.05, 0.1) is 24.7 Å². The zero-order chi connectivity index (χ0) is 17.1. The molecule has 0 N–H and O–H groups in total. The molecule has 128 valence electrons. The van der Waals surface area contributed by atoms with Crippen LogP contribution in [0.25, 0.3) is 0 Å². The molecule has 1 aliphatic carbocycles. The third kappa shape index (κ3) is 3.86. The van der Waals surface area contributed by atoms with Crippen molar-refractivity contribution in [1.29, 1.82) is 0 Å². The van der Waals surface area contributed by atoms with Crippen LogP contribution in [0.5, 0.6) is 5.75 Å². The van der Waals surface area contributed by atoms with E-state index in [0.29, 0.717) is 5.92 Å². The summed E-state index contributed by atoms with van der Waals surface area (Å²) in [6.45, 7) is 10.2. The molecule has 1 aliphatic rings. The largest absolute Gasteiger partial charge is 0.493 e. The van der Waals surface area contributed by atoms with Crippen molar-refractivity contribution in [1.82, 2.24) is 9.97 Å². The molecule has 0 saturated heterocycles. The van der Waals surface area contributed by atoms with Crippen LogP contribution in [0.3, 0.4) is 0 Å². The van der Waals surface area contributed by atoms with E-state index < -0.39 is 0 Å². The SMILES string of the molecule is CCN(c1ccc(OCC2CC2)c(C(C)C)c1)c1cnc(C)cn1. The molecule has 1 fully saturated rings. The first kappa shape index (κ1) is 16.7. The molecule has 2 aromatic rings. The van der Waals surface area contributed by atoms with Gasteiger partial charge in [0.15, 0.2) is 5.82 Å². The molecule has 0 atom stereocenters. The average molecular weight is 325 g/mol. The molecule has 24 heavy (non-hydrogen) atoms. The highest BCUT2D eigenvalue weighted by Gasteiger charge is 2.23. The van der Waals surface area contributed by atoms with Crippen molar-refractivity contribution in [3.63, 3.8) is 0 Å². The second-order valence-electron chi connectivity index (χ2n) is 6.89. The number of aryl methyl sites for hydroxylation is 1. The normalized spacial score (nSPS) is 14.0. The Morgan fingerprint density at radius 2 is 2.00 bits per heavy atom. The maximum absolute atomic E-state index is 6.07. The van der Waals surface area contributed by atoms with E-state index in [9.17, 15) is 0 Å². The number of hydrogen-bond acceptors (Lipinski definition) is 4. The van der Waals surface area contributed by atoms with Gasteiger partial charge in [0, 0.05) is 12.2 Å². The predicted octanol–water partition coefficient (Wildman–Crippen LogP) is 4.86. The summed E-state index contributed by atoms with van der Waals surface area (Å²) in [6, 6.07) is 6.47. The Morgan fingerprint density at radius 1 is 1.21 bits per heavy atom. The topological polar surface area (TPSA) is 38.2 Å². The van der Waals surface area contributed by atoms with Gasteiger partial charge in [0.1, 0.15) is 5.75 Å². The molecule has 1 aromatic heterocycles. The third-order valence-electron chi connectivity index (χ3n) is 4.46. The summed E-state index contributed by atoms with van der Waals surface area (Å²) in [4.78, 5) is 11.1. The van der Waals surface area contributed by atoms with Crippen LogP contribution in [0.1, 0.15) is 50.8 Å². The summed E-state index contributed by atoms with van der Waals surface area (Å²) in [7, 11) is 0. The number of rotatable bonds is 7. The number of ether oxygens (including phenoxy) is 1. The number of aromatic nitrogens is 2. The van der Waals surface area contributed by atoms with Crippen LogP contribution < -0.4 is 9.64 Å². The first-order chi connectivity index (χ1) is 11.6. The Bertz CT molecular complexity index is 678. The fourth-order valence-corrected chi connectivity index (χ4v) is 2.78. The lowest BCUT2D eigenvalue weighted by Gasteiger charge is -2.24. The van der Waals surface area contributed by atoms with Gasteiger partial charge in [-0.15, -0.1) is 0 Å². The van der Waals surface area contributed by atoms with Crippen LogP contribution in [0.2, 0.25) is 0 Å². The Morgan fingerprint density at radius 3 is 2.58 bits per heavy atom. The van der Waals surface area contributed by atoms with E-state index in [-0.39, 0.29) is 0 Å². The highest BCUT2D eigenvalue weighted by atomic mass is 16.5. The standard InChI is InChI=1S/C20H27N3O/c1-5-23(20-12-21-15(4)11-22-20)17-8-9-19(18(10-17)14(2)3)24-13-16-6-7-16/h8-12,14,16H,5-7,13H2,1-4H3. The van der Waals surface area contributed by atoms with Gasteiger partial charge in [-0.1, -0.05) is 13.8 Å². The molecule has 0 aliphatic heterocycles. The fourth-order valence-electron chi connectivity index (χ4n) is 2.78. The van der Waals surface area contributed by atoms with E-state index in [2.05, 4.69) is 53.8 Å². The van der Waals surface area contributed by atoms with Crippen molar-refractivity contribution in [3.8, 4) is 5.75 Å². The van der Waals surface area contributed by atoms with Crippen molar-refractivity contribution in [2.75, 3.05) is 18.1 Å². The van der Waals surface area contributed by atoms with Crippen LogP contribution in [-0.4, -0.2) is 23.1 Å². The molecule has 4 nitrogen and oxygen atoms in total. The lowest BCUT2D eigenvalue weighted by molar-refractivity contribution is 0.296. The molecule has 0 bridgehead atoms. The van der Waals surface area contributed by atoms with Gasteiger partial charge in [0.2, 0.25) is 0 Å². The van der Waals surface area contributed by atoms with Gasteiger partial charge in [-0.25, -0.2) is 4.98 Å². The highest BCUT2D eigenvalue weighted by molar-refractivity contribution is 5.62. The molecule has 1 heterocycles. The summed E-state index contributed by atoms with van der Waals surface area (Å²) < 4.78 is 6.07. The van der Waals surface area contributed by atoms with E-state index >= 15 is 0 Å². The molecule has 0 radical (unpaired) electrons. The highest BCUT2D eigenvalue weighted by Crippen LogP contribution is 2.35. The van der Waals surface area contributed by atoms with Crippen LogP contribution in [-0.2, 0) is 0 Å². The molecule has 0 spiro atoms. The van der Waals surface area contributed by atoms with E-state index in [1.807, 2.05) is 19.3 Å². The quantitative estimate of drug-likeness (QED) is 0.729. The minimum atomic E-state index is 0.418. The van der Waals surface area contributed by atoms with Gasteiger partial charge in [-0.05, 0) is 62.3 Å². The summed E-state index contributed by atoms with van der Waals surface area (Å²) >= 11 is 0. The number of anilines is 2. The zero-order valence-corrected chi connectivity index (χ0v) is 15.1.